The monoisotopic (exact) mass is 397 g/mol. The lowest BCUT2D eigenvalue weighted by Gasteiger charge is -2.20. The van der Waals surface area contributed by atoms with Crippen molar-refractivity contribution >= 4 is 22.7 Å². The summed E-state index contributed by atoms with van der Waals surface area (Å²) in [4.78, 5) is 24.7. The van der Waals surface area contributed by atoms with Gasteiger partial charge >= 0.3 is 0 Å². The molecule has 0 fully saturated rings. The van der Waals surface area contributed by atoms with Gasteiger partial charge in [0.15, 0.2) is 0 Å². The first-order valence-corrected chi connectivity index (χ1v) is 9.88. The van der Waals surface area contributed by atoms with Gasteiger partial charge in [-0.15, -0.1) is 0 Å². The molecule has 30 heavy (non-hydrogen) atoms. The van der Waals surface area contributed by atoms with Crippen molar-refractivity contribution in [2.75, 3.05) is 0 Å². The lowest BCUT2D eigenvalue weighted by molar-refractivity contribution is -0.122. The van der Waals surface area contributed by atoms with Crippen molar-refractivity contribution in [1.82, 2.24) is 9.88 Å². The molecule has 2 amide bonds. The predicted octanol–water partition coefficient (Wildman–Crippen LogP) is 3.84. The van der Waals surface area contributed by atoms with Gasteiger partial charge in [0.1, 0.15) is 6.54 Å². The highest BCUT2D eigenvalue weighted by molar-refractivity contribution is 6.06. The molecule has 0 aliphatic rings. The quantitative estimate of drug-likeness (QED) is 0.497. The maximum Gasteiger partial charge on any atom is 0.250 e. The van der Waals surface area contributed by atoms with Crippen molar-refractivity contribution in [3.8, 4) is 0 Å². The number of hydrogen-bond donors (Lipinski definition) is 2. The minimum Gasteiger partial charge on any atom is -0.366 e. The first-order valence-electron chi connectivity index (χ1n) is 9.88. The summed E-state index contributed by atoms with van der Waals surface area (Å²) in [6.07, 6.45) is 2.34. The molecule has 4 aromatic rings. The number of nitrogens with zero attached hydrogens (tertiary/aromatic N) is 1. The van der Waals surface area contributed by atoms with Gasteiger partial charge in [-0.3, -0.25) is 9.59 Å². The number of amides is 2. The molecule has 0 bridgehead atoms. The van der Waals surface area contributed by atoms with Crippen LogP contribution in [0.4, 0.5) is 0 Å². The molecule has 0 spiro atoms. The Hall–Kier alpha value is -3.86. The molecule has 3 aromatic carbocycles. The van der Waals surface area contributed by atoms with Gasteiger partial charge in [0, 0.05) is 17.1 Å². The average molecular weight is 397 g/mol. The standard InChI is InChI=1S/C25H23N3O2/c26-25(30)21-16-28(23-14-8-7-13-20(21)23)17-24(29)27-22(19-11-5-2-6-12-19)15-18-9-3-1-4-10-18/h1-14,16,22H,15,17H2,(H2,26,30)(H,27,29)/t22-/m0/s1. The molecule has 150 valence electrons. The topological polar surface area (TPSA) is 77.1 Å². The van der Waals surface area contributed by atoms with Crippen LogP contribution in [0.15, 0.2) is 91.1 Å². The van der Waals surface area contributed by atoms with Crippen LogP contribution in [0.3, 0.4) is 0 Å². The van der Waals surface area contributed by atoms with Gasteiger partial charge < -0.3 is 15.6 Å². The Bertz CT molecular complexity index is 1170. The van der Waals surface area contributed by atoms with Crippen molar-refractivity contribution in [3.63, 3.8) is 0 Å². The maximum absolute atomic E-state index is 13.0. The van der Waals surface area contributed by atoms with Crippen LogP contribution in [0, 0.1) is 0 Å². The number of primary amides is 1. The van der Waals surface area contributed by atoms with Crippen LogP contribution >= 0.6 is 0 Å². The van der Waals surface area contributed by atoms with E-state index in [1.165, 1.54) is 0 Å². The maximum atomic E-state index is 13.0. The second-order valence-corrected chi connectivity index (χ2v) is 7.27. The zero-order chi connectivity index (χ0) is 20.9. The van der Waals surface area contributed by atoms with Crippen LogP contribution in [-0.2, 0) is 17.8 Å². The Balaban J connectivity index is 1.58. The number of para-hydroxylation sites is 1. The number of rotatable bonds is 7. The van der Waals surface area contributed by atoms with Crippen LogP contribution in [0.25, 0.3) is 10.9 Å². The lowest BCUT2D eigenvalue weighted by atomic mass is 9.99. The van der Waals surface area contributed by atoms with Gasteiger partial charge in [-0.25, -0.2) is 0 Å². The molecule has 4 rings (SSSR count). The van der Waals surface area contributed by atoms with Gasteiger partial charge in [-0.05, 0) is 23.6 Å². The van der Waals surface area contributed by atoms with Crippen molar-refractivity contribution in [1.29, 1.82) is 0 Å². The molecule has 0 saturated carbocycles. The number of benzene rings is 3. The second kappa shape index (κ2) is 8.66. The first-order chi connectivity index (χ1) is 14.6. The largest absolute Gasteiger partial charge is 0.366 e. The third-order valence-corrected chi connectivity index (χ3v) is 5.19. The average Bonchev–Trinajstić information content (AvgIpc) is 3.13. The Morgan fingerprint density at radius 2 is 1.50 bits per heavy atom. The molecule has 5 nitrogen and oxygen atoms in total. The fourth-order valence-corrected chi connectivity index (χ4v) is 3.76. The summed E-state index contributed by atoms with van der Waals surface area (Å²) >= 11 is 0. The number of nitrogens with two attached hydrogens (primary N) is 1. The molecule has 0 saturated heterocycles. The predicted molar refractivity (Wildman–Crippen MR) is 118 cm³/mol. The van der Waals surface area contributed by atoms with Crippen LogP contribution in [0.1, 0.15) is 27.5 Å². The number of carbonyl (C=O) groups excluding carboxylic acids is 2. The molecule has 1 aromatic heterocycles. The Labute approximate surface area is 175 Å². The van der Waals surface area contributed by atoms with Gasteiger partial charge in [0.2, 0.25) is 5.91 Å². The highest BCUT2D eigenvalue weighted by atomic mass is 16.2. The number of nitrogens with one attached hydrogen (secondary N) is 1. The molecule has 0 unspecified atom stereocenters. The van der Waals surface area contributed by atoms with Crippen LogP contribution in [-0.4, -0.2) is 16.4 Å². The number of carbonyl (C=O) groups is 2. The summed E-state index contributed by atoms with van der Waals surface area (Å²) in [7, 11) is 0. The van der Waals surface area contributed by atoms with E-state index in [9.17, 15) is 9.59 Å². The normalized spacial score (nSPS) is 11.9. The third kappa shape index (κ3) is 4.25. The highest BCUT2D eigenvalue weighted by Crippen LogP contribution is 2.22. The summed E-state index contributed by atoms with van der Waals surface area (Å²) in [5.74, 6) is -0.631. The Morgan fingerprint density at radius 1 is 0.867 bits per heavy atom. The zero-order valence-corrected chi connectivity index (χ0v) is 16.5. The fraction of sp³-hybridized carbons (Fsp3) is 0.120. The van der Waals surface area contributed by atoms with E-state index >= 15 is 0 Å². The lowest BCUT2D eigenvalue weighted by Crippen LogP contribution is -2.32. The molecule has 5 heteroatoms. The van der Waals surface area contributed by atoms with E-state index in [2.05, 4.69) is 17.4 Å². The second-order valence-electron chi connectivity index (χ2n) is 7.27. The van der Waals surface area contributed by atoms with Crippen molar-refractivity contribution < 1.29 is 9.59 Å². The third-order valence-electron chi connectivity index (χ3n) is 5.19. The number of fused-ring (bicyclic) bond motifs is 1. The molecular weight excluding hydrogens is 374 g/mol. The zero-order valence-electron chi connectivity index (χ0n) is 16.5. The van der Waals surface area contributed by atoms with Crippen molar-refractivity contribution in [2.24, 2.45) is 5.73 Å². The SMILES string of the molecule is NC(=O)c1cn(CC(=O)N[C@@H](Cc2ccccc2)c2ccccc2)c2ccccc12. The van der Waals surface area contributed by atoms with Crippen LogP contribution in [0.2, 0.25) is 0 Å². The van der Waals surface area contributed by atoms with Crippen molar-refractivity contribution in [3.05, 3.63) is 108 Å². The van der Waals surface area contributed by atoms with Gasteiger partial charge in [-0.2, -0.15) is 0 Å². The summed E-state index contributed by atoms with van der Waals surface area (Å²) in [5, 5.41) is 3.91. The Morgan fingerprint density at radius 3 is 2.20 bits per heavy atom. The first kappa shape index (κ1) is 19.5. The Kier molecular flexibility index (Phi) is 5.61. The number of aromatic nitrogens is 1. The van der Waals surface area contributed by atoms with E-state index in [4.69, 9.17) is 5.73 Å². The van der Waals surface area contributed by atoms with E-state index in [1.807, 2.05) is 72.8 Å². The van der Waals surface area contributed by atoms with E-state index in [1.54, 1.807) is 10.8 Å². The van der Waals surface area contributed by atoms with Crippen LogP contribution < -0.4 is 11.1 Å². The molecule has 0 radical (unpaired) electrons. The fourth-order valence-electron chi connectivity index (χ4n) is 3.76. The molecule has 3 N–H and O–H groups in total. The van der Waals surface area contributed by atoms with E-state index in [0.29, 0.717) is 12.0 Å². The smallest absolute Gasteiger partial charge is 0.250 e. The molecule has 1 atom stereocenters. The van der Waals surface area contributed by atoms with Crippen LogP contribution in [0.5, 0.6) is 0 Å². The molecule has 0 aliphatic heterocycles. The van der Waals surface area contributed by atoms with Gasteiger partial charge in [0.25, 0.3) is 5.91 Å². The van der Waals surface area contributed by atoms with Gasteiger partial charge in [0.05, 0.1) is 11.6 Å². The molecular formula is C25H23N3O2. The summed E-state index contributed by atoms with van der Waals surface area (Å²) in [6.45, 7) is 0.103. The van der Waals surface area contributed by atoms with E-state index < -0.39 is 5.91 Å². The molecule has 1 heterocycles. The highest BCUT2D eigenvalue weighted by Gasteiger charge is 2.18. The number of hydrogen-bond acceptors (Lipinski definition) is 2. The van der Waals surface area contributed by atoms with Crippen molar-refractivity contribution in [2.45, 2.75) is 19.0 Å². The van der Waals surface area contributed by atoms with E-state index in [0.717, 1.165) is 22.0 Å². The van der Waals surface area contributed by atoms with Gasteiger partial charge in [-0.1, -0.05) is 78.9 Å². The van der Waals surface area contributed by atoms with E-state index in [-0.39, 0.29) is 18.5 Å². The summed E-state index contributed by atoms with van der Waals surface area (Å²) in [6, 6.07) is 27.3. The summed E-state index contributed by atoms with van der Waals surface area (Å²) in [5.41, 5.74) is 8.93. The summed E-state index contributed by atoms with van der Waals surface area (Å²) < 4.78 is 1.77. The molecule has 0 aliphatic carbocycles. The minimum absolute atomic E-state index is 0.103. The minimum atomic E-state index is -0.503.